The molecule has 2 aromatic rings. The highest BCUT2D eigenvalue weighted by Gasteiger charge is 2.11. The molecule has 0 radical (unpaired) electrons. The van der Waals surface area contributed by atoms with Gasteiger partial charge in [-0.25, -0.2) is 4.98 Å². The molecule has 0 spiro atoms. The molecule has 104 valence electrons. The Balaban J connectivity index is 1.86. The first-order chi connectivity index (χ1) is 9.11. The Bertz CT molecular complexity index is 537. The third kappa shape index (κ3) is 3.27. The van der Waals surface area contributed by atoms with Crippen LogP contribution in [0.25, 0.3) is 0 Å². The van der Waals surface area contributed by atoms with Crippen molar-refractivity contribution in [3.8, 4) is 0 Å². The minimum atomic E-state index is -0.0757. The Morgan fingerprint density at radius 1 is 1.42 bits per heavy atom. The SMILES string of the molecule is COC(C)c1nsc(NCCc2nnc(C)n2C)n1. The van der Waals surface area contributed by atoms with Gasteiger partial charge in [0.15, 0.2) is 5.82 Å². The summed E-state index contributed by atoms with van der Waals surface area (Å²) in [6.07, 6.45) is 0.722. The van der Waals surface area contributed by atoms with Gasteiger partial charge in [-0.1, -0.05) is 0 Å². The Morgan fingerprint density at radius 3 is 2.84 bits per heavy atom. The summed E-state index contributed by atoms with van der Waals surface area (Å²) in [5.41, 5.74) is 0. The van der Waals surface area contributed by atoms with Crippen LogP contribution in [0.5, 0.6) is 0 Å². The monoisotopic (exact) mass is 282 g/mol. The zero-order chi connectivity index (χ0) is 13.8. The summed E-state index contributed by atoms with van der Waals surface area (Å²) in [6.45, 7) is 4.61. The van der Waals surface area contributed by atoms with Crippen LogP contribution in [0, 0.1) is 6.92 Å². The van der Waals surface area contributed by atoms with Crippen LogP contribution in [0.3, 0.4) is 0 Å². The molecular weight excluding hydrogens is 264 g/mol. The van der Waals surface area contributed by atoms with Crippen LogP contribution < -0.4 is 5.32 Å². The first-order valence-corrected chi connectivity index (χ1v) is 6.84. The molecule has 0 fully saturated rings. The fraction of sp³-hybridized carbons (Fsp3) is 0.636. The second-order valence-electron chi connectivity index (χ2n) is 4.23. The van der Waals surface area contributed by atoms with E-state index in [2.05, 4.69) is 24.9 Å². The van der Waals surface area contributed by atoms with Gasteiger partial charge < -0.3 is 14.6 Å². The standard InChI is InChI=1S/C11H18N6OS/c1-7(18-4)10-13-11(19-16-10)12-6-5-9-15-14-8(2)17(9)3/h7H,5-6H2,1-4H3,(H,12,13,16). The van der Waals surface area contributed by atoms with Crippen molar-refractivity contribution in [3.05, 3.63) is 17.5 Å². The molecule has 1 atom stereocenters. The van der Waals surface area contributed by atoms with Crippen LogP contribution in [-0.4, -0.2) is 37.8 Å². The number of nitrogens with zero attached hydrogens (tertiary/aromatic N) is 5. The first kappa shape index (κ1) is 13.9. The number of aromatic nitrogens is 5. The number of ether oxygens (including phenoxy) is 1. The normalized spacial score (nSPS) is 12.6. The number of rotatable bonds is 6. The first-order valence-electron chi connectivity index (χ1n) is 6.07. The van der Waals surface area contributed by atoms with Crippen molar-refractivity contribution < 1.29 is 4.74 Å². The highest BCUT2D eigenvalue weighted by Crippen LogP contribution is 2.18. The second kappa shape index (κ2) is 6.07. The molecule has 1 unspecified atom stereocenters. The largest absolute Gasteiger partial charge is 0.374 e. The minimum absolute atomic E-state index is 0.0757. The predicted molar refractivity (Wildman–Crippen MR) is 73.3 cm³/mol. The van der Waals surface area contributed by atoms with Crippen molar-refractivity contribution in [2.75, 3.05) is 19.0 Å². The lowest BCUT2D eigenvalue weighted by Gasteiger charge is -2.03. The van der Waals surface area contributed by atoms with Crippen LogP contribution in [0.1, 0.15) is 30.5 Å². The number of hydrogen-bond acceptors (Lipinski definition) is 7. The van der Waals surface area contributed by atoms with Crippen molar-refractivity contribution in [2.24, 2.45) is 7.05 Å². The molecule has 0 saturated carbocycles. The maximum atomic E-state index is 5.17. The summed E-state index contributed by atoms with van der Waals surface area (Å²) >= 11 is 1.34. The topological polar surface area (TPSA) is 77.8 Å². The Hall–Kier alpha value is -1.54. The van der Waals surface area contributed by atoms with Crippen molar-refractivity contribution in [3.63, 3.8) is 0 Å². The maximum absolute atomic E-state index is 5.17. The molecule has 0 aliphatic rings. The van der Waals surface area contributed by atoms with Crippen molar-refractivity contribution in [1.29, 1.82) is 0 Å². The molecule has 1 N–H and O–H groups in total. The Morgan fingerprint density at radius 2 is 2.21 bits per heavy atom. The van der Waals surface area contributed by atoms with Gasteiger partial charge in [-0.05, 0) is 13.8 Å². The van der Waals surface area contributed by atoms with E-state index in [9.17, 15) is 0 Å². The van der Waals surface area contributed by atoms with Gasteiger partial charge in [-0.3, -0.25) is 0 Å². The molecule has 2 rings (SSSR count). The second-order valence-corrected chi connectivity index (χ2v) is 4.99. The average Bonchev–Trinajstić information content (AvgIpc) is 3.00. The van der Waals surface area contributed by atoms with Crippen LogP contribution in [0.15, 0.2) is 0 Å². The molecule has 2 heterocycles. The zero-order valence-electron chi connectivity index (χ0n) is 11.5. The van der Waals surface area contributed by atoms with Gasteiger partial charge in [0.2, 0.25) is 5.13 Å². The quantitative estimate of drug-likeness (QED) is 0.861. The van der Waals surface area contributed by atoms with Crippen LogP contribution in [0.4, 0.5) is 5.13 Å². The average molecular weight is 282 g/mol. The number of methoxy groups -OCH3 is 1. The highest BCUT2D eigenvalue weighted by molar-refractivity contribution is 7.09. The molecular formula is C11H18N6OS. The molecule has 7 nitrogen and oxygen atoms in total. The van der Waals surface area contributed by atoms with E-state index in [4.69, 9.17) is 4.74 Å². The van der Waals surface area contributed by atoms with Crippen molar-refractivity contribution in [1.82, 2.24) is 24.1 Å². The van der Waals surface area contributed by atoms with Gasteiger partial charge in [0.25, 0.3) is 0 Å². The van der Waals surface area contributed by atoms with E-state index >= 15 is 0 Å². The third-order valence-electron chi connectivity index (χ3n) is 2.97. The smallest absolute Gasteiger partial charge is 0.202 e. The van der Waals surface area contributed by atoms with E-state index in [1.807, 2.05) is 25.5 Å². The van der Waals surface area contributed by atoms with E-state index in [1.165, 1.54) is 11.5 Å². The van der Waals surface area contributed by atoms with Gasteiger partial charge in [-0.2, -0.15) is 4.37 Å². The summed E-state index contributed by atoms with van der Waals surface area (Å²) in [4.78, 5) is 4.37. The fourth-order valence-corrected chi connectivity index (χ4v) is 2.20. The van der Waals surface area contributed by atoms with Gasteiger partial charge >= 0.3 is 0 Å². The minimum Gasteiger partial charge on any atom is -0.374 e. The number of hydrogen-bond donors (Lipinski definition) is 1. The van der Waals surface area contributed by atoms with Gasteiger partial charge in [0.1, 0.15) is 17.8 Å². The predicted octanol–water partition coefficient (Wildman–Crippen LogP) is 1.34. The summed E-state index contributed by atoms with van der Waals surface area (Å²) in [6, 6.07) is 0. The zero-order valence-corrected chi connectivity index (χ0v) is 12.4. The third-order valence-corrected chi connectivity index (χ3v) is 3.65. The summed E-state index contributed by atoms with van der Waals surface area (Å²) in [7, 11) is 3.61. The summed E-state index contributed by atoms with van der Waals surface area (Å²) in [5.74, 6) is 2.59. The summed E-state index contributed by atoms with van der Waals surface area (Å²) < 4.78 is 11.4. The molecule has 0 bridgehead atoms. The van der Waals surface area contributed by atoms with E-state index in [-0.39, 0.29) is 6.10 Å². The Labute approximate surface area is 116 Å². The molecule has 0 aromatic carbocycles. The number of anilines is 1. The molecule has 8 heteroatoms. The lowest BCUT2D eigenvalue weighted by Crippen LogP contribution is -2.09. The van der Waals surface area contributed by atoms with Gasteiger partial charge in [-0.15, -0.1) is 10.2 Å². The van der Waals surface area contributed by atoms with Gasteiger partial charge in [0, 0.05) is 38.7 Å². The van der Waals surface area contributed by atoms with E-state index in [1.54, 1.807) is 7.11 Å². The Kier molecular flexibility index (Phi) is 4.43. The van der Waals surface area contributed by atoms with Crippen molar-refractivity contribution in [2.45, 2.75) is 26.4 Å². The van der Waals surface area contributed by atoms with E-state index in [0.717, 1.165) is 29.7 Å². The molecule has 0 amide bonds. The molecule has 0 saturated heterocycles. The molecule has 19 heavy (non-hydrogen) atoms. The molecule has 0 aliphatic carbocycles. The van der Waals surface area contributed by atoms with Gasteiger partial charge in [0.05, 0.1) is 0 Å². The molecule has 0 aliphatic heterocycles. The van der Waals surface area contributed by atoms with Crippen LogP contribution in [-0.2, 0) is 18.2 Å². The maximum Gasteiger partial charge on any atom is 0.202 e. The van der Waals surface area contributed by atoms with Crippen molar-refractivity contribution >= 4 is 16.7 Å². The van der Waals surface area contributed by atoms with Crippen LogP contribution >= 0.6 is 11.5 Å². The highest BCUT2D eigenvalue weighted by atomic mass is 32.1. The van der Waals surface area contributed by atoms with E-state index in [0.29, 0.717) is 5.82 Å². The summed E-state index contributed by atoms with van der Waals surface area (Å²) in [5, 5.41) is 12.2. The number of nitrogens with one attached hydrogen (secondary N) is 1. The van der Waals surface area contributed by atoms with Crippen LogP contribution in [0.2, 0.25) is 0 Å². The lowest BCUT2D eigenvalue weighted by atomic mass is 10.4. The lowest BCUT2D eigenvalue weighted by molar-refractivity contribution is 0.113. The fourth-order valence-electron chi connectivity index (χ4n) is 1.53. The van der Waals surface area contributed by atoms with E-state index < -0.39 is 0 Å². The number of aryl methyl sites for hydroxylation is 1. The molecule has 2 aromatic heterocycles.